The first-order chi connectivity index (χ1) is 6.12. The molecule has 14 heavy (non-hydrogen) atoms. The summed E-state index contributed by atoms with van der Waals surface area (Å²) in [5.74, 6) is 0.350. The molecule has 4 heteroatoms. The zero-order valence-corrected chi connectivity index (χ0v) is 9.73. The van der Waals surface area contributed by atoms with E-state index in [2.05, 4.69) is 6.92 Å². The Morgan fingerprint density at radius 2 is 2.29 bits per heavy atom. The highest BCUT2D eigenvalue weighted by atomic mass is 35.5. The highest BCUT2D eigenvalue weighted by Crippen LogP contribution is 2.33. The Morgan fingerprint density at radius 1 is 1.64 bits per heavy atom. The molecule has 0 bridgehead atoms. The highest BCUT2D eigenvalue weighted by molar-refractivity contribution is 5.85. The van der Waals surface area contributed by atoms with Crippen LogP contribution in [0.2, 0.25) is 0 Å². The lowest BCUT2D eigenvalue weighted by atomic mass is 9.75. The van der Waals surface area contributed by atoms with Crippen LogP contribution in [0.15, 0.2) is 0 Å². The monoisotopic (exact) mass is 221 g/mol. The van der Waals surface area contributed by atoms with Crippen LogP contribution in [0.25, 0.3) is 0 Å². The molecule has 0 saturated heterocycles. The van der Waals surface area contributed by atoms with Crippen LogP contribution >= 0.6 is 12.4 Å². The molecule has 84 valence electrons. The highest BCUT2D eigenvalue weighted by Gasteiger charge is 2.39. The molecule has 0 heterocycles. The molecule has 3 nitrogen and oxygen atoms in total. The third-order valence-electron chi connectivity index (χ3n) is 3.06. The van der Waals surface area contributed by atoms with Gasteiger partial charge in [0.25, 0.3) is 0 Å². The second kappa shape index (κ2) is 5.56. The Bertz CT molecular complexity index is 199. The van der Waals surface area contributed by atoms with E-state index >= 15 is 0 Å². The Morgan fingerprint density at radius 3 is 2.79 bits per heavy atom. The van der Waals surface area contributed by atoms with Crippen LogP contribution in [0, 0.1) is 5.92 Å². The van der Waals surface area contributed by atoms with E-state index in [9.17, 15) is 4.79 Å². The number of esters is 1. The van der Waals surface area contributed by atoms with Gasteiger partial charge in [-0.25, -0.2) is 0 Å². The molecule has 0 radical (unpaired) electrons. The Labute approximate surface area is 91.8 Å². The van der Waals surface area contributed by atoms with Gasteiger partial charge in [0.2, 0.25) is 0 Å². The van der Waals surface area contributed by atoms with E-state index in [1.165, 1.54) is 13.5 Å². The van der Waals surface area contributed by atoms with Gasteiger partial charge in [-0.2, -0.15) is 0 Å². The summed E-state index contributed by atoms with van der Waals surface area (Å²) in [5, 5.41) is 0. The maximum absolute atomic E-state index is 11.4. The third-order valence-corrected chi connectivity index (χ3v) is 3.06. The van der Waals surface area contributed by atoms with E-state index in [-0.39, 0.29) is 18.4 Å². The van der Waals surface area contributed by atoms with E-state index in [4.69, 9.17) is 10.5 Å². The van der Waals surface area contributed by atoms with Gasteiger partial charge in [-0.1, -0.05) is 26.2 Å². The van der Waals surface area contributed by atoms with Gasteiger partial charge in [0.05, 0.1) is 7.11 Å². The number of hydrogen-bond donors (Lipinski definition) is 1. The first-order valence-electron chi connectivity index (χ1n) is 4.99. The van der Waals surface area contributed by atoms with Crippen LogP contribution in [0.5, 0.6) is 0 Å². The lowest BCUT2D eigenvalue weighted by molar-refractivity contribution is -0.149. The second-order valence-corrected chi connectivity index (χ2v) is 4.02. The number of halogens is 1. The Kier molecular flexibility index (Phi) is 5.45. The van der Waals surface area contributed by atoms with Gasteiger partial charge in [-0.3, -0.25) is 4.79 Å². The average molecular weight is 222 g/mol. The standard InChI is InChI=1S/C10H19NO2.ClH/c1-3-8-5-4-6-10(11,7-8)9(12)13-2;/h8H,3-7,11H2,1-2H3;1H. The summed E-state index contributed by atoms with van der Waals surface area (Å²) >= 11 is 0. The van der Waals surface area contributed by atoms with Crippen LogP contribution in [0.3, 0.4) is 0 Å². The summed E-state index contributed by atoms with van der Waals surface area (Å²) in [4.78, 5) is 11.4. The molecular formula is C10H20ClNO2. The zero-order chi connectivity index (χ0) is 9.90. The fourth-order valence-corrected chi connectivity index (χ4v) is 2.16. The molecule has 1 aliphatic rings. The number of rotatable bonds is 2. The second-order valence-electron chi connectivity index (χ2n) is 4.02. The van der Waals surface area contributed by atoms with Gasteiger partial charge in [-0.05, 0) is 18.8 Å². The normalized spacial score (nSPS) is 31.8. The van der Waals surface area contributed by atoms with E-state index < -0.39 is 5.54 Å². The van der Waals surface area contributed by atoms with Crippen molar-refractivity contribution in [1.29, 1.82) is 0 Å². The van der Waals surface area contributed by atoms with E-state index in [1.54, 1.807) is 0 Å². The predicted octanol–water partition coefficient (Wildman–Crippen LogP) is 1.88. The molecule has 1 fully saturated rings. The number of carbonyl (C=O) groups is 1. The molecule has 0 spiro atoms. The van der Waals surface area contributed by atoms with Gasteiger partial charge in [0.15, 0.2) is 0 Å². The van der Waals surface area contributed by atoms with Crippen molar-refractivity contribution in [3.05, 3.63) is 0 Å². The SMILES string of the molecule is CCC1CCCC(N)(C(=O)OC)C1.Cl. The Hall–Kier alpha value is -0.280. The smallest absolute Gasteiger partial charge is 0.325 e. The largest absolute Gasteiger partial charge is 0.468 e. The maximum Gasteiger partial charge on any atom is 0.325 e. The lowest BCUT2D eigenvalue weighted by Crippen LogP contribution is -2.51. The van der Waals surface area contributed by atoms with Gasteiger partial charge in [-0.15, -0.1) is 12.4 Å². The quantitative estimate of drug-likeness (QED) is 0.725. The van der Waals surface area contributed by atoms with Crippen LogP contribution in [0.1, 0.15) is 39.0 Å². The molecule has 0 aromatic carbocycles. The van der Waals surface area contributed by atoms with E-state index in [0.717, 1.165) is 25.7 Å². The van der Waals surface area contributed by atoms with Crippen LogP contribution in [-0.2, 0) is 9.53 Å². The summed E-state index contributed by atoms with van der Waals surface area (Å²) in [6.45, 7) is 2.15. The average Bonchev–Trinajstić information content (AvgIpc) is 2.16. The van der Waals surface area contributed by atoms with Gasteiger partial charge in [0, 0.05) is 0 Å². The summed E-state index contributed by atoms with van der Waals surface area (Å²) in [7, 11) is 1.41. The molecular weight excluding hydrogens is 202 g/mol. The minimum Gasteiger partial charge on any atom is -0.468 e. The summed E-state index contributed by atoms with van der Waals surface area (Å²) in [6, 6.07) is 0. The fraction of sp³-hybridized carbons (Fsp3) is 0.900. The topological polar surface area (TPSA) is 52.3 Å². The third kappa shape index (κ3) is 2.85. The van der Waals surface area contributed by atoms with E-state index in [0.29, 0.717) is 5.92 Å². The van der Waals surface area contributed by atoms with Crippen molar-refractivity contribution in [3.8, 4) is 0 Å². The van der Waals surface area contributed by atoms with Crippen LogP contribution in [0.4, 0.5) is 0 Å². The van der Waals surface area contributed by atoms with Gasteiger partial charge in [0.1, 0.15) is 5.54 Å². The van der Waals surface area contributed by atoms with Crippen LogP contribution < -0.4 is 5.73 Å². The van der Waals surface area contributed by atoms with E-state index in [1.807, 2.05) is 0 Å². The molecule has 0 aliphatic heterocycles. The number of nitrogens with two attached hydrogens (primary N) is 1. The van der Waals surface area contributed by atoms with Gasteiger partial charge >= 0.3 is 5.97 Å². The van der Waals surface area contributed by atoms with Crippen LogP contribution in [-0.4, -0.2) is 18.6 Å². The van der Waals surface area contributed by atoms with Crippen molar-refractivity contribution in [2.45, 2.75) is 44.6 Å². The lowest BCUT2D eigenvalue weighted by Gasteiger charge is -2.35. The van der Waals surface area contributed by atoms with Crippen molar-refractivity contribution in [2.75, 3.05) is 7.11 Å². The molecule has 2 unspecified atom stereocenters. The zero-order valence-electron chi connectivity index (χ0n) is 8.91. The predicted molar refractivity (Wildman–Crippen MR) is 58.4 cm³/mol. The van der Waals surface area contributed by atoms with Crippen molar-refractivity contribution in [3.63, 3.8) is 0 Å². The molecule has 0 aromatic rings. The molecule has 0 amide bonds. The van der Waals surface area contributed by atoms with Crippen molar-refractivity contribution in [1.82, 2.24) is 0 Å². The summed E-state index contributed by atoms with van der Waals surface area (Å²) in [6.07, 6.45) is 4.92. The maximum atomic E-state index is 11.4. The molecule has 1 saturated carbocycles. The minimum atomic E-state index is -0.701. The number of methoxy groups -OCH3 is 1. The Balaban J connectivity index is 0.00000169. The number of carbonyl (C=O) groups excluding carboxylic acids is 1. The summed E-state index contributed by atoms with van der Waals surface area (Å²) < 4.78 is 4.72. The molecule has 2 N–H and O–H groups in total. The minimum absolute atomic E-state index is 0. The summed E-state index contributed by atoms with van der Waals surface area (Å²) in [5.41, 5.74) is 5.30. The first-order valence-corrected chi connectivity index (χ1v) is 4.99. The van der Waals surface area contributed by atoms with Crippen molar-refractivity contribution >= 4 is 18.4 Å². The van der Waals surface area contributed by atoms with Crippen molar-refractivity contribution < 1.29 is 9.53 Å². The molecule has 0 aromatic heterocycles. The number of hydrogen-bond acceptors (Lipinski definition) is 3. The number of ether oxygens (including phenoxy) is 1. The molecule has 2 atom stereocenters. The first kappa shape index (κ1) is 13.7. The fourth-order valence-electron chi connectivity index (χ4n) is 2.16. The van der Waals surface area contributed by atoms with Crippen molar-refractivity contribution in [2.24, 2.45) is 11.7 Å². The van der Waals surface area contributed by atoms with Gasteiger partial charge < -0.3 is 10.5 Å². The molecule has 1 rings (SSSR count). The molecule has 1 aliphatic carbocycles.